The fraction of sp³-hybridized carbons (Fsp3) is 0.0556. The highest BCUT2D eigenvalue weighted by Gasteiger charge is 2.15. The lowest BCUT2D eigenvalue weighted by atomic mass is 10.2. The van der Waals surface area contributed by atoms with Crippen molar-refractivity contribution in [2.75, 3.05) is 5.32 Å². The zero-order chi connectivity index (χ0) is 17.8. The monoisotopic (exact) mass is 356 g/mol. The minimum absolute atomic E-state index is 0.228. The van der Waals surface area contributed by atoms with E-state index in [1.54, 1.807) is 25.1 Å². The molecule has 126 valence electrons. The number of amides is 1. The lowest BCUT2D eigenvalue weighted by Gasteiger charge is -2.00. The average Bonchev–Trinajstić information content (AvgIpc) is 3.23. The summed E-state index contributed by atoms with van der Waals surface area (Å²) in [5.41, 5.74) is 0.827. The third-order valence-corrected chi connectivity index (χ3v) is 4.38. The number of anilines is 1. The number of carbonyl (C=O) groups excluding carboxylic acids is 2. The Bertz CT molecular complexity index is 928. The van der Waals surface area contributed by atoms with Crippen LogP contribution >= 0.6 is 11.3 Å². The molecule has 1 amide bonds. The molecule has 7 heteroatoms. The first-order valence-corrected chi connectivity index (χ1v) is 8.15. The minimum Gasteiger partial charge on any atom is -0.465 e. The van der Waals surface area contributed by atoms with Crippen LogP contribution in [0.25, 0.3) is 6.08 Å². The Hall–Kier alpha value is -3.06. The number of aryl methyl sites for hydroxylation is 1. The van der Waals surface area contributed by atoms with Crippen molar-refractivity contribution in [2.24, 2.45) is 0 Å². The number of thiazole rings is 1. The van der Waals surface area contributed by atoms with Gasteiger partial charge in [0.2, 0.25) is 0 Å². The zero-order valence-corrected chi connectivity index (χ0v) is 14.0. The quantitative estimate of drug-likeness (QED) is 0.545. The molecule has 2 heterocycles. The number of carbonyl (C=O) groups is 2. The highest BCUT2D eigenvalue weighted by molar-refractivity contribution is 7.18. The number of benzene rings is 1. The Kier molecular flexibility index (Phi) is 4.85. The van der Waals surface area contributed by atoms with Gasteiger partial charge in [-0.15, -0.1) is 0 Å². The molecule has 1 aromatic carbocycles. The van der Waals surface area contributed by atoms with Crippen LogP contribution in [0.3, 0.4) is 0 Å². The number of aromatic nitrogens is 1. The molecule has 5 nitrogen and oxygen atoms in total. The van der Waals surface area contributed by atoms with Gasteiger partial charge >= 0.3 is 0 Å². The van der Waals surface area contributed by atoms with Gasteiger partial charge < -0.3 is 4.42 Å². The Balaban J connectivity index is 1.72. The van der Waals surface area contributed by atoms with E-state index in [-0.39, 0.29) is 5.78 Å². The van der Waals surface area contributed by atoms with Gasteiger partial charge in [0.1, 0.15) is 11.6 Å². The van der Waals surface area contributed by atoms with Crippen molar-refractivity contribution >= 4 is 34.2 Å². The lowest BCUT2D eigenvalue weighted by molar-refractivity contribution is 0.102. The maximum Gasteiger partial charge on any atom is 0.257 e. The van der Waals surface area contributed by atoms with Crippen LogP contribution in [0, 0.1) is 12.7 Å². The van der Waals surface area contributed by atoms with Crippen molar-refractivity contribution in [1.82, 2.24) is 4.98 Å². The van der Waals surface area contributed by atoms with E-state index in [9.17, 15) is 14.0 Å². The number of nitrogens with zero attached hydrogens (tertiary/aromatic N) is 1. The molecule has 2 aromatic heterocycles. The summed E-state index contributed by atoms with van der Waals surface area (Å²) in [7, 11) is 0. The third-order valence-electron chi connectivity index (χ3n) is 3.29. The van der Waals surface area contributed by atoms with E-state index in [1.807, 2.05) is 0 Å². The summed E-state index contributed by atoms with van der Waals surface area (Å²) >= 11 is 1.08. The number of rotatable bonds is 5. The van der Waals surface area contributed by atoms with Crippen LogP contribution in [0.5, 0.6) is 0 Å². The number of halogens is 1. The second kappa shape index (κ2) is 7.23. The number of furan rings is 1. The van der Waals surface area contributed by atoms with Crippen LogP contribution < -0.4 is 5.32 Å². The summed E-state index contributed by atoms with van der Waals surface area (Å²) < 4.78 is 18.0. The zero-order valence-electron chi connectivity index (χ0n) is 13.2. The van der Waals surface area contributed by atoms with Crippen molar-refractivity contribution < 1.29 is 18.4 Å². The Morgan fingerprint density at radius 2 is 2.00 bits per heavy atom. The van der Waals surface area contributed by atoms with Gasteiger partial charge in [-0.1, -0.05) is 11.3 Å². The van der Waals surface area contributed by atoms with Crippen LogP contribution in [-0.4, -0.2) is 16.7 Å². The topological polar surface area (TPSA) is 72.2 Å². The molecule has 0 bridgehead atoms. The predicted octanol–water partition coefficient (Wildman–Crippen LogP) is 4.33. The molecule has 0 saturated carbocycles. The standard InChI is InChI=1S/C18H13FN2O3S/c1-11-16(15(22)9-8-14-3-2-10-24-14)25-18(20-11)21-17(23)12-4-6-13(19)7-5-12/h2-10H,1H3,(H,20,21,23)/b9-8+. The van der Waals surface area contributed by atoms with Gasteiger partial charge in [0.15, 0.2) is 10.9 Å². The van der Waals surface area contributed by atoms with Gasteiger partial charge in [-0.3, -0.25) is 14.9 Å². The lowest BCUT2D eigenvalue weighted by Crippen LogP contribution is -2.11. The second-order valence-electron chi connectivity index (χ2n) is 5.11. The summed E-state index contributed by atoms with van der Waals surface area (Å²) in [5.74, 6) is -0.495. The van der Waals surface area contributed by atoms with Crippen LogP contribution in [-0.2, 0) is 0 Å². The van der Waals surface area contributed by atoms with E-state index in [2.05, 4.69) is 10.3 Å². The first-order chi connectivity index (χ1) is 12.0. The van der Waals surface area contributed by atoms with Gasteiger partial charge in [-0.2, -0.15) is 0 Å². The highest BCUT2D eigenvalue weighted by Crippen LogP contribution is 2.24. The van der Waals surface area contributed by atoms with Crippen LogP contribution in [0.4, 0.5) is 9.52 Å². The summed E-state index contributed by atoms with van der Waals surface area (Å²) in [6.45, 7) is 1.69. The van der Waals surface area contributed by atoms with Crippen molar-refractivity contribution in [3.8, 4) is 0 Å². The van der Waals surface area contributed by atoms with E-state index in [1.165, 1.54) is 36.6 Å². The van der Waals surface area contributed by atoms with Gasteiger partial charge in [0.25, 0.3) is 5.91 Å². The van der Waals surface area contributed by atoms with Gasteiger partial charge in [-0.05, 0) is 55.5 Å². The molecular formula is C18H13FN2O3S. The van der Waals surface area contributed by atoms with E-state index < -0.39 is 11.7 Å². The molecular weight excluding hydrogens is 343 g/mol. The van der Waals surface area contributed by atoms with Crippen molar-refractivity contribution in [3.05, 3.63) is 76.4 Å². The smallest absolute Gasteiger partial charge is 0.257 e. The molecule has 0 aliphatic heterocycles. The molecule has 0 fully saturated rings. The maximum absolute atomic E-state index is 12.9. The Morgan fingerprint density at radius 3 is 2.68 bits per heavy atom. The first kappa shape index (κ1) is 16.8. The summed E-state index contributed by atoms with van der Waals surface area (Å²) in [6, 6.07) is 8.63. The van der Waals surface area contributed by atoms with Gasteiger partial charge in [-0.25, -0.2) is 9.37 Å². The Morgan fingerprint density at radius 1 is 1.24 bits per heavy atom. The van der Waals surface area contributed by atoms with Crippen LogP contribution in [0.15, 0.2) is 53.2 Å². The fourth-order valence-corrected chi connectivity index (χ4v) is 2.95. The van der Waals surface area contributed by atoms with Crippen LogP contribution in [0.2, 0.25) is 0 Å². The van der Waals surface area contributed by atoms with Crippen molar-refractivity contribution in [2.45, 2.75) is 6.92 Å². The Labute approximate surface area is 146 Å². The highest BCUT2D eigenvalue weighted by atomic mass is 32.1. The summed E-state index contributed by atoms with van der Waals surface area (Å²) in [5, 5.41) is 2.92. The molecule has 25 heavy (non-hydrogen) atoms. The molecule has 0 spiro atoms. The van der Waals surface area contributed by atoms with Crippen LogP contribution in [0.1, 0.15) is 31.5 Å². The van der Waals surface area contributed by atoms with E-state index in [0.29, 0.717) is 27.0 Å². The summed E-state index contributed by atoms with van der Waals surface area (Å²) in [4.78, 5) is 29.0. The molecule has 0 atom stereocenters. The first-order valence-electron chi connectivity index (χ1n) is 7.33. The number of allylic oxidation sites excluding steroid dienone is 1. The van der Waals surface area contributed by atoms with Crippen molar-refractivity contribution in [1.29, 1.82) is 0 Å². The normalized spacial score (nSPS) is 11.0. The van der Waals surface area contributed by atoms with E-state index in [4.69, 9.17) is 4.42 Å². The number of hydrogen-bond donors (Lipinski definition) is 1. The molecule has 0 aliphatic carbocycles. The second-order valence-corrected chi connectivity index (χ2v) is 6.11. The molecule has 0 aliphatic rings. The largest absolute Gasteiger partial charge is 0.465 e. The molecule has 0 saturated heterocycles. The summed E-state index contributed by atoms with van der Waals surface area (Å²) in [6.07, 6.45) is 4.48. The van der Waals surface area contributed by atoms with E-state index in [0.717, 1.165) is 11.3 Å². The minimum atomic E-state index is -0.419. The molecule has 0 unspecified atom stereocenters. The number of hydrogen-bond acceptors (Lipinski definition) is 5. The van der Waals surface area contributed by atoms with Gasteiger partial charge in [0, 0.05) is 5.56 Å². The average molecular weight is 356 g/mol. The number of ketones is 1. The van der Waals surface area contributed by atoms with Crippen molar-refractivity contribution in [3.63, 3.8) is 0 Å². The van der Waals surface area contributed by atoms with Gasteiger partial charge in [0.05, 0.1) is 16.8 Å². The predicted molar refractivity (Wildman–Crippen MR) is 93.3 cm³/mol. The fourth-order valence-electron chi connectivity index (χ4n) is 2.07. The SMILES string of the molecule is Cc1nc(NC(=O)c2ccc(F)cc2)sc1C(=O)/C=C/c1ccco1. The molecule has 0 radical (unpaired) electrons. The maximum atomic E-state index is 12.9. The molecule has 1 N–H and O–H groups in total. The third kappa shape index (κ3) is 4.07. The molecule has 3 aromatic rings. The number of nitrogens with one attached hydrogen (secondary N) is 1. The van der Waals surface area contributed by atoms with E-state index >= 15 is 0 Å². The molecule has 3 rings (SSSR count).